The zero-order chi connectivity index (χ0) is 10.5. The highest BCUT2D eigenvalue weighted by atomic mass is 15.1. The summed E-state index contributed by atoms with van der Waals surface area (Å²) in [5, 5.41) is 0. The molecular weight excluding hydrogens is 158 g/mol. The topological polar surface area (TPSA) is 3.24 Å². The minimum Gasteiger partial charge on any atom is -0.306 e. The SMILES string of the molecule is CC.CN(C)C1CCC(C)(C)CC1. The van der Waals surface area contributed by atoms with Gasteiger partial charge in [0.15, 0.2) is 0 Å². The van der Waals surface area contributed by atoms with Crippen molar-refractivity contribution >= 4 is 0 Å². The molecule has 0 N–H and O–H groups in total. The van der Waals surface area contributed by atoms with Crippen LogP contribution in [0.4, 0.5) is 0 Å². The Morgan fingerprint density at radius 3 is 1.69 bits per heavy atom. The molecule has 1 aliphatic carbocycles. The van der Waals surface area contributed by atoms with E-state index < -0.39 is 0 Å². The summed E-state index contributed by atoms with van der Waals surface area (Å²) >= 11 is 0. The van der Waals surface area contributed by atoms with Gasteiger partial charge in [0.25, 0.3) is 0 Å². The smallest absolute Gasteiger partial charge is 0.00895 e. The van der Waals surface area contributed by atoms with Gasteiger partial charge in [-0.15, -0.1) is 0 Å². The molecule has 0 unspecified atom stereocenters. The van der Waals surface area contributed by atoms with E-state index >= 15 is 0 Å². The van der Waals surface area contributed by atoms with Crippen molar-refractivity contribution < 1.29 is 0 Å². The first-order chi connectivity index (χ1) is 6.01. The molecule has 0 aromatic carbocycles. The molecule has 1 saturated carbocycles. The van der Waals surface area contributed by atoms with Gasteiger partial charge in [-0.25, -0.2) is 0 Å². The highest BCUT2D eigenvalue weighted by Gasteiger charge is 2.27. The quantitative estimate of drug-likeness (QED) is 0.604. The van der Waals surface area contributed by atoms with Crippen LogP contribution in [0.25, 0.3) is 0 Å². The first-order valence-electron chi connectivity index (χ1n) is 5.68. The van der Waals surface area contributed by atoms with Gasteiger partial charge in [-0.1, -0.05) is 27.7 Å². The summed E-state index contributed by atoms with van der Waals surface area (Å²) in [5.41, 5.74) is 0.618. The molecule has 0 atom stereocenters. The van der Waals surface area contributed by atoms with E-state index in [4.69, 9.17) is 0 Å². The van der Waals surface area contributed by atoms with E-state index in [1.165, 1.54) is 25.7 Å². The fourth-order valence-corrected chi connectivity index (χ4v) is 1.90. The summed E-state index contributed by atoms with van der Waals surface area (Å²) in [7, 11) is 4.39. The highest BCUT2D eigenvalue weighted by Crippen LogP contribution is 2.36. The zero-order valence-electron chi connectivity index (χ0n) is 10.4. The van der Waals surface area contributed by atoms with Gasteiger partial charge in [0, 0.05) is 6.04 Å². The van der Waals surface area contributed by atoms with Gasteiger partial charge in [0.1, 0.15) is 0 Å². The average Bonchev–Trinajstić information content (AvgIpc) is 2.07. The summed E-state index contributed by atoms with van der Waals surface area (Å²) in [6.45, 7) is 8.78. The average molecular weight is 185 g/mol. The molecule has 1 rings (SSSR count). The summed E-state index contributed by atoms with van der Waals surface area (Å²) in [6, 6.07) is 0.850. The lowest BCUT2D eigenvalue weighted by atomic mass is 9.75. The maximum absolute atomic E-state index is 2.39. The van der Waals surface area contributed by atoms with Gasteiger partial charge in [-0.2, -0.15) is 0 Å². The van der Waals surface area contributed by atoms with Gasteiger partial charge < -0.3 is 4.90 Å². The lowest BCUT2D eigenvalue weighted by Crippen LogP contribution is -2.34. The molecule has 1 heteroatoms. The second-order valence-corrected chi connectivity index (χ2v) is 4.86. The summed E-state index contributed by atoms with van der Waals surface area (Å²) < 4.78 is 0. The van der Waals surface area contributed by atoms with Gasteiger partial charge >= 0.3 is 0 Å². The van der Waals surface area contributed by atoms with Crippen LogP contribution in [0.2, 0.25) is 0 Å². The van der Waals surface area contributed by atoms with Gasteiger partial charge in [-0.05, 0) is 45.2 Å². The van der Waals surface area contributed by atoms with Crippen molar-refractivity contribution in [2.24, 2.45) is 5.41 Å². The van der Waals surface area contributed by atoms with E-state index in [0.717, 1.165) is 6.04 Å². The fraction of sp³-hybridized carbons (Fsp3) is 1.00. The zero-order valence-corrected chi connectivity index (χ0v) is 10.4. The Hall–Kier alpha value is -0.0400. The third-order valence-corrected chi connectivity index (χ3v) is 3.04. The lowest BCUT2D eigenvalue weighted by molar-refractivity contribution is 0.146. The molecule has 1 fully saturated rings. The molecule has 0 spiro atoms. The molecule has 1 aliphatic rings. The molecule has 0 bridgehead atoms. The summed E-state index contributed by atoms with van der Waals surface area (Å²) in [6.07, 6.45) is 5.58. The predicted molar refractivity (Wildman–Crippen MR) is 61.1 cm³/mol. The van der Waals surface area contributed by atoms with Crippen LogP contribution < -0.4 is 0 Å². The number of nitrogens with zero attached hydrogens (tertiary/aromatic N) is 1. The maximum atomic E-state index is 2.39. The van der Waals surface area contributed by atoms with E-state index in [1.54, 1.807) is 0 Å². The Morgan fingerprint density at radius 2 is 1.38 bits per heavy atom. The van der Waals surface area contributed by atoms with E-state index in [2.05, 4.69) is 32.8 Å². The number of hydrogen-bond acceptors (Lipinski definition) is 1. The van der Waals surface area contributed by atoms with Crippen LogP contribution in [0.3, 0.4) is 0 Å². The first kappa shape index (κ1) is 13.0. The van der Waals surface area contributed by atoms with E-state index in [-0.39, 0.29) is 0 Å². The van der Waals surface area contributed by atoms with Crippen molar-refractivity contribution in [3.05, 3.63) is 0 Å². The van der Waals surface area contributed by atoms with Crippen LogP contribution in [0.15, 0.2) is 0 Å². The third-order valence-electron chi connectivity index (χ3n) is 3.04. The molecule has 0 aliphatic heterocycles. The fourth-order valence-electron chi connectivity index (χ4n) is 1.90. The van der Waals surface area contributed by atoms with Crippen LogP contribution >= 0.6 is 0 Å². The minimum absolute atomic E-state index is 0.618. The Labute approximate surface area is 84.5 Å². The molecule has 0 aromatic heterocycles. The summed E-state index contributed by atoms with van der Waals surface area (Å²) in [5.74, 6) is 0. The summed E-state index contributed by atoms with van der Waals surface area (Å²) in [4.78, 5) is 2.37. The van der Waals surface area contributed by atoms with E-state index in [1.807, 2.05) is 13.8 Å². The molecule has 0 heterocycles. The van der Waals surface area contributed by atoms with Gasteiger partial charge in [-0.3, -0.25) is 0 Å². The van der Waals surface area contributed by atoms with E-state index in [9.17, 15) is 0 Å². The molecule has 1 nitrogen and oxygen atoms in total. The molecule has 80 valence electrons. The molecule has 0 radical (unpaired) electrons. The van der Waals surface area contributed by atoms with Crippen molar-refractivity contribution in [3.8, 4) is 0 Å². The normalized spacial score (nSPS) is 22.4. The van der Waals surface area contributed by atoms with Crippen molar-refractivity contribution in [1.29, 1.82) is 0 Å². The Kier molecular flexibility index (Phi) is 5.62. The Morgan fingerprint density at radius 1 is 1.00 bits per heavy atom. The van der Waals surface area contributed by atoms with Crippen LogP contribution in [0.1, 0.15) is 53.4 Å². The molecule has 13 heavy (non-hydrogen) atoms. The maximum Gasteiger partial charge on any atom is 0.00895 e. The van der Waals surface area contributed by atoms with Crippen LogP contribution in [-0.2, 0) is 0 Å². The minimum atomic E-state index is 0.618. The monoisotopic (exact) mass is 185 g/mol. The largest absolute Gasteiger partial charge is 0.306 e. The predicted octanol–water partition coefficient (Wildman–Crippen LogP) is 3.54. The standard InChI is InChI=1S/C10H21N.C2H6/c1-10(2)7-5-9(6-8-10)11(3)4;1-2/h9H,5-8H2,1-4H3;1-2H3. The van der Waals surface area contributed by atoms with Gasteiger partial charge in [0.2, 0.25) is 0 Å². The Balaban J connectivity index is 0.000000671. The van der Waals surface area contributed by atoms with Crippen molar-refractivity contribution in [1.82, 2.24) is 4.90 Å². The Bertz CT molecular complexity index is 117. The van der Waals surface area contributed by atoms with Crippen LogP contribution in [0, 0.1) is 5.41 Å². The second kappa shape index (κ2) is 5.64. The molecular formula is C12H27N. The third kappa shape index (κ3) is 4.66. The van der Waals surface area contributed by atoms with Crippen LogP contribution in [-0.4, -0.2) is 25.0 Å². The van der Waals surface area contributed by atoms with Crippen molar-refractivity contribution in [2.75, 3.05) is 14.1 Å². The lowest BCUT2D eigenvalue weighted by Gasteiger charge is -2.37. The van der Waals surface area contributed by atoms with Crippen LogP contribution in [0.5, 0.6) is 0 Å². The second-order valence-electron chi connectivity index (χ2n) is 4.86. The number of rotatable bonds is 1. The number of hydrogen-bond donors (Lipinski definition) is 0. The van der Waals surface area contributed by atoms with E-state index in [0.29, 0.717) is 5.41 Å². The first-order valence-corrected chi connectivity index (χ1v) is 5.68. The molecule has 0 aromatic rings. The van der Waals surface area contributed by atoms with Crippen molar-refractivity contribution in [2.45, 2.75) is 59.4 Å². The van der Waals surface area contributed by atoms with Gasteiger partial charge in [0.05, 0.1) is 0 Å². The molecule has 0 amide bonds. The molecule has 0 saturated heterocycles. The highest BCUT2D eigenvalue weighted by molar-refractivity contribution is 4.81. The van der Waals surface area contributed by atoms with Crippen molar-refractivity contribution in [3.63, 3.8) is 0 Å².